The van der Waals surface area contributed by atoms with Crippen LogP contribution in [0.15, 0.2) is 16.5 Å². The van der Waals surface area contributed by atoms with Crippen LogP contribution in [-0.2, 0) is 6.42 Å². The molecule has 6 nitrogen and oxygen atoms in total. The fourth-order valence-corrected chi connectivity index (χ4v) is 4.20. The number of nitrogens with zero attached hydrogens (tertiary/aromatic N) is 3. The molecule has 1 saturated carbocycles. The Bertz CT molecular complexity index is 789. The number of piperidine rings is 1. The van der Waals surface area contributed by atoms with Gasteiger partial charge in [-0.15, -0.1) is 5.10 Å². The van der Waals surface area contributed by atoms with Crippen LogP contribution in [-0.4, -0.2) is 34.3 Å². The number of nitrogens with one attached hydrogen (secondary N) is 1. The molecule has 1 atom stereocenters. The molecule has 1 aromatic carbocycles. The van der Waals surface area contributed by atoms with Crippen molar-refractivity contribution in [3.05, 3.63) is 28.6 Å². The van der Waals surface area contributed by atoms with Gasteiger partial charge in [0.25, 0.3) is 0 Å². The normalized spacial score (nSPS) is 23.3. The highest BCUT2D eigenvalue weighted by molar-refractivity contribution is 6.33. The molecule has 132 valence electrons. The predicted molar refractivity (Wildman–Crippen MR) is 94.6 cm³/mol. The summed E-state index contributed by atoms with van der Waals surface area (Å²) in [6.45, 7) is 1.81. The molecule has 5 rings (SSSR count). The van der Waals surface area contributed by atoms with Crippen molar-refractivity contribution in [3.8, 4) is 5.75 Å². The minimum atomic E-state index is 0.254. The average Bonchev–Trinajstić information content (AvgIpc) is 3.18. The SMILES string of the molecule is Clc1ccc2c(c1Nc1nnc(C3CCCCN3C3CC3)o1)CCO2. The van der Waals surface area contributed by atoms with Crippen molar-refractivity contribution in [2.24, 2.45) is 0 Å². The minimum Gasteiger partial charge on any atom is -0.493 e. The first kappa shape index (κ1) is 15.5. The Morgan fingerprint density at radius 1 is 1.16 bits per heavy atom. The molecule has 0 radical (unpaired) electrons. The van der Waals surface area contributed by atoms with Crippen molar-refractivity contribution < 1.29 is 9.15 Å². The number of rotatable bonds is 4. The highest BCUT2D eigenvalue weighted by atomic mass is 35.5. The molecule has 1 N–H and O–H groups in total. The Labute approximate surface area is 151 Å². The highest BCUT2D eigenvalue weighted by Crippen LogP contribution is 2.41. The predicted octanol–water partition coefficient (Wildman–Crippen LogP) is 4.09. The van der Waals surface area contributed by atoms with E-state index < -0.39 is 0 Å². The molecule has 1 unspecified atom stereocenters. The van der Waals surface area contributed by atoms with Crippen molar-refractivity contribution in [1.82, 2.24) is 15.1 Å². The van der Waals surface area contributed by atoms with Gasteiger partial charge in [-0.3, -0.25) is 4.90 Å². The molecule has 2 aliphatic heterocycles. The second-order valence-electron chi connectivity index (χ2n) is 7.05. The van der Waals surface area contributed by atoms with Gasteiger partial charge in [0, 0.05) is 18.0 Å². The van der Waals surface area contributed by atoms with E-state index in [0.29, 0.717) is 29.6 Å². The van der Waals surface area contributed by atoms with E-state index in [-0.39, 0.29) is 6.04 Å². The van der Waals surface area contributed by atoms with E-state index in [4.69, 9.17) is 20.8 Å². The average molecular weight is 361 g/mol. The van der Waals surface area contributed by atoms with Gasteiger partial charge in [0.2, 0.25) is 5.89 Å². The second kappa shape index (κ2) is 6.18. The number of aromatic nitrogens is 2. The van der Waals surface area contributed by atoms with E-state index in [1.165, 1.54) is 25.7 Å². The van der Waals surface area contributed by atoms with E-state index in [9.17, 15) is 0 Å². The Kier molecular flexibility index (Phi) is 3.82. The maximum Gasteiger partial charge on any atom is 0.320 e. The van der Waals surface area contributed by atoms with Gasteiger partial charge in [-0.25, -0.2) is 0 Å². The fraction of sp³-hybridized carbons (Fsp3) is 0.556. The second-order valence-corrected chi connectivity index (χ2v) is 7.46. The molecule has 2 fully saturated rings. The minimum absolute atomic E-state index is 0.254. The number of benzene rings is 1. The molecule has 1 saturated heterocycles. The molecule has 2 aromatic rings. The van der Waals surface area contributed by atoms with E-state index in [0.717, 1.165) is 36.4 Å². The third-order valence-electron chi connectivity index (χ3n) is 5.35. The van der Waals surface area contributed by atoms with Crippen LogP contribution >= 0.6 is 11.6 Å². The topological polar surface area (TPSA) is 63.4 Å². The van der Waals surface area contributed by atoms with Crippen LogP contribution in [0.1, 0.15) is 49.6 Å². The third-order valence-corrected chi connectivity index (χ3v) is 5.66. The monoisotopic (exact) mass is 360 g/mol. The van der Waals surface area contributed by atoms with Crippen molar-refractivity contribution in [1.29, 1.82) is 0 Å². The van der Waals surface area contributed by atoms with E-state index >= 15 is 0 Å². The summed E-state index contributed by atoms with van der Waals surface area (Å²) in [7, 11) is 0. The highest BCUT2D eigenvalue weighted by Gasteiger charge is 2.38. The lowest BCUT2D eigenvalue weighted by Gasteiger charge is -2.33. The van der Waals surface area contributed by atoms with Gasteiger partial charge < -0.3 is 14.5 Å². The molecule has 3 aliphatic rings. The van der Waals surface area contributed by atoms with E-state index in [2.05, 4.69) is 20.4 Å². The van der Waals surface area contributed by atoms with Gasteiger partial charge in [-0.1, -0.05) is 23.1 Å². The zero-order valence-corrected chi connectivity index (χ0v) is 14.8. The van der Waals surface area contributed by atoms with Crippen LogP contribution < -0.4 is 10.1 Å². The summed E-state index contributed by atoms with van der Waals surface area (Å²) in [5.74, 6) is 1.59. The molecule has 1 aromatic heterocycles. The van der Waals surface area contributed by atoms with Gasteiger partial charge in [-0.2, -0.15) is 0 Å². The molecular weight excluding hydrogens is 340 g/mol. The zero-order valence-electron chi connectivity index (χ0n) is 14.0. The van der Waals surface area contributed by atoms with Gasteiger partial charge in [0.15, 0.2) is 0 Å². The quantitative estimate of drug-likeness (QED) is 0.885. The molecule has 3 heterocycles. The largest absolute Gasteiger partial charge is 0.493 e. The molecule has 0 bridgehead atoms. The number of fused-ring (bicyclic) bond motifs is 1. The number of likely N-dealkylation sites (tertiary alicyclic amines) is 1. The summed E-state index contributed by atoms with van der Waals surface area (Å²) in [5.41, 5.74) is 1.89. The summed E-state index contributed by atoms with van der Waals surface area (Å²) in [4.78, 5) is 2.54. The van der Waals surface area contributed by atoms with E-state index in [1.54, 1.807) is 0 Å². The van der Waals surface area contributed by atoms with Gasteiger partial charge in [0.1, 0.15) is 5.75 Å². The summed E-state index contributed by atoms with van der Waals surface area (Å²) in [5, 5.41) is 12.4. The Morgan fingerprint density at radius 2 is 2.08 bits per heavy atom. The van der Waals surface area contributed by atoms with Gasteiger partial charge in [0.05, 0.1) is 23.4 Å². The van der Waals surface area contributed by atoms with Crippen LogP contribution in [0.3, 0.4) is 0 Å². The maximum atomic E-state index is 6.37. The molecular formula is C18H21ClN4O2. The van der Waals surface area contributed by atoms with E-state index in [1.807, 2.05) is 12.1 Å². The Morgan fingerprint density at radius 3 is 2.96 bits per heavy atom. The lowest BCUT2D eigenvalue weighted by molar-refractivity contribution is 0.117. The zero-order chi connectivity index (χ0) is 16.8. The number of ether oxygens (including phenoxy) is 1. The van der Waals surface area contributed by atoms with Gasteiger partial charge >= 0.3 is 6.01 Å². The molecule has 7 heteroatoms. The summed E-state index contributed by atoms with van der Waals surface area (Å²) in [6, 6.07) is 5.10. The number of hydrogen-bond donors (Lipinski definition) is 1. The van der Waals surface area contributed by atoms with Gasteiger partial charge in [-0.05, 0) is 44.4 Å². The summed E-state index contributed by atoms with van der Waals surface area (Å²) in [6.07, 6.45) is 6.99. The van der Waals surface area contributed by atoms with Crippen molar-refractivity contribution in [2.75, 3.05) is 18.5 Å². The fourth-order valence-electron chi connectivity index (χ4n) is 3.97. The van der Waals surface area contributed by atoms with Crippen LogP contribution in [0.25, 0.3) is 0 Å². The Hall–Kier alpha value is -1.79. The molecule has 0 amide bonds. The number of halogens is 1. The first-order chi connectivity index (χ1) is 12.3. The first-order valence-corrected chi connectivity index (χ1v) is 9.48. The number of anilines is 2. The van der Waals surface area contributed by atoms with Crippen LogP contribution in [0.4, 0.5) is 11.7 Å². The van der Waals surface area contributed by atoms with Crippen molar-refractivity contribution >= 4 is 23.3 Å². The summed E-state index contributed by atoms with van der Waals surface area (Å²) >= 11 is 6.37. The lowest BCUT2D eigenvalue weighted by Crippen LogP contribution is -2.35. The molecule has 1 aliphatic carbocycles. The van der Waals surface area contributed by atoms with Crippen LogP contribution in [0.2, 0.25) is 5.02 Å². The van der Waals surface area contributed by atoms with Crippen molar-refractivity contribution in [2.45, 2.75) is 50.6 Å². The molecule has 25 heavy (non-hydrogen) atoms. The van der Waals surface area contributed by atoms with Crippen LogP contribution in [0, 0.1) is 0 Å². The number of hydrogen-bond acceptors (Lipinski definition) is 6. The van der Waals surface area contributed by atoms with Crippen LogP contribution in [0.5, 0.6) is 5.75 Å². The standard InChI is InChI=1S/C18H21ClN4O2/c19-13-6-7-15-12(8-10-24-15)16(13)20-18-22-21-17(25-18)14-3-1-2-9-23(14)11-4-5-11/h6-7,11,14H,1-5,8-10H2,(H,20,22). The maximum absolute atomic E-state index is 6.37. The first-order valence-electron chi connectivity index (χ1n) is 9.10. The lowest BCUT2D eigenvalue weighted by atomic mass is 10.0. The van der Waals surface area contributed by atoms with Crippen molar-refractivity contribution in [3.63, 3.8) is 0 Å². The molecule has 0 spiro atoms. The smallest absolute Gasteiger partial charge is 0.320 e. The Balaban J connectivity index is 1.39. The third kappa shape index (κ3) is 2.87. The summed E-state index contributed by atoms with van der Waals surface area (Å²) < 4.78 is 11.6.